The minimum Gasteiger partial charge on any atom is -0.296 e. The van der Waals surface area contributed by atoms with Crippen molar-refractivity contribution in [1.29, 1.82) is 0 Å². The predicted octanol–water partition coefficient (Wildman–Crippen LogP) is 2.28. The highest BCUT2D eigenvalue weighted by Crippen LogP contribution is 2.27. The van der Waals surface area contributed by atoms with Crippen molar-refractivity contribution in [1.82, 2.24) is 4.98 Å². The maximum absolute atomic E-state index is 11.8. The van der Waals surface area contributed by atoms with Gasteiger partial charge in [0.15, 0.2) is 0 Å². The first-order chi connectivity index (χ1) is 7.61. The Labute approximate surface area is 114 Å². The molecule has 0 bridgehead atoms. The quantitative estimate of drug-likeness (QED) is 0.657. The molecule has 2 rings (SSSR count). The van der Waals surface area contributed by atoms with Crippen LogP contribution in [0.2, 0.25) is 0 Å². The van der Waals surface area contributed by atoms with E-state index in [4.69, 9.17) is 0 Å². The maximum Gasteiger partial charge on any atom is 0.228 e. The van der Waals surface area contributed by atoms with E-state index in [-0.39, 0.29) is 5.91 Å². The van der Waals surface area contributed by atoms with Crippen LogP contribution in [0.1, 0.15) is 12.0 Å². The van der Waals surface area contributed by atoms with E-state index >= 15 is 0 Å². The summed E-state index contributed by atoms with van der Waals surface area (Å²) in [6, 6.07) is 2.05. The highest BCUT2D eigenvalue weighted by molar-refractivity contribution is 14.1. The number of halogens is 1. The highest BCUT2D eigenvalue weighted by atomic mass is 127. The topological polar surface area (TPSA) is 33.2 Å². The third kappa shape index (κ3) is 2.34. The highest BCUT2D eigenvalue weighted by Gasteiger charge is 2.31. The summed E-state index contributed by atoms with van der Waals surface area (Å²) >= 11 is 6.47. The lowest BCUT2D eigenvalue weighted by atomic mass is 10.1. The van der Waals surface area contributed by atoms with Crippen LogP contribution in [0.3, 0.4) is 0 Å². The summed E-state index contributed by atoms with van der Waals surface area (Å²) in [6.45, 7) is 2.74. The van der Waals surface area contributed by atoms with E-state index in [0.717, 1.165) is 27.2 Å². The van der Waals surface area contributed by atoms with Gasteiger partial charge >= 0.3 is 0 Å². The fraction of sp³-hybridized carbons (Fsp3) is 0.455. The van der Waals surface area contributed by atoms with E-state index < -0.39 is 0 Å². The zero-order valence-electron chi connectivity index (χ0n) is 8.98. The lowest BCUT2D eigenvalue weighted by Gasteiger charge is -2.17. The van der Waals surface area contributed by atoms with Crippen molar-refractivity contribution in [2.75, 3.05) is 17.2 Å². The molecule has 0 aromatic carbocycles. The van der Waals surface area contributed by atoms with E-state index in [1.807, 2.05) is 13.0 Å². The molecule has 86 valence electrons. The van der Waals surface area contributed by atoms with Gasteiger partial charge < -0.3 is 0 Å². The first-order valence-electron chi connectivity index (χ1n) is 5.15. The minimum absolute atomic E-state index is 0.163. The number of pyridine rings is 1. The largest absolute Gasteiger partial charge is 0.296 e. The molecular formula is C11H13IN2OS. The molecule has 1 amide bonds. The maximum atomic E-state index is 11.8. The number of anilines is 1. The second kappa shape index (κ2) is 4.91. The predicted molar refractivity (Wildman–Crippen MR) is 76.0 cm³/mol. The molecule has 0 radical (unpaired) electrons. The number of hydrogen-bond acceptors (Lipinski definition) is 3. The van der Waals surface area contributed by atoms with Gasteiger partial charge in [0.1, 0.15) is 5.82 Å². The van der Waals surface area contributed by atoms with Crippen molar-refractivity contribution < 1.29 is 4.79 Å². The van der Waals surface area contributed by atoms with Crippen molar-refractivity contribution in [3.05, 3.63) is 21.4 Å². The molecule has 1 unspecified atom stereocenters. The Bertz CT molecular complexity index is 424. The van der Waals surface area contributed by atoms with Crippen LogP contribution < -0.4 is 4.90 Å². The van der Waals surface area contributed by atoms with Crippen LogP contribution in [0.5, 0.6) is 0 Å². The van der Waals surface area contributed by atoms with Gasteiger partial charge in [-0.3, -0.25) is 9.69 Å². The molecule has 2 heterocycles. The average Bonchev–Trinajstić information content (AvgIpc) is 2.60. The molecule has 3 nitrogen and oxygen atoms in total. The Morgan fingerprint density at radius 2 is 2.44 bits per heavy atom. The van der Waals surface area contributed by atoms with Crippen molar-refractivity contribution in [2.24, 2.45) is 5.92 Å². The van der Waals surface area contributed by atoms with E-state index in [9.17, 15) is 4.79 Å². The Hall–Kier alpha value is -0.300. The molecule has 1 aromatic rings. The van der Waals surface area contributed by atoms with Crippen molar-refractivity contribution in [3.63, 3.8) is 0 Å². The summed E-state index contributed by atoms with van der Waals surface area (Å²) in [5.74, 6) is 2.08. The first kappa shape index (κ1) is 12.2. The van der Waals surface area contributed by atoms with Crippen LogP contribution >= 0.6 is 35.2 Å². The molecule has 0 aliphatic carbocycles. The summed E-state index contributed by atoms with van der Waals surface area (Å²) < 4.78 is 1.09. The van der Waals surface area contributed by atoms with Crippen LogP contribution in [0.25, 0.3) is 0 Å². The van der Waals surface area contributed by atoms with Gasteiger partial charge in [0.2, 0.25) is 5.91 Å². The average molecular weight is 348 g/mol. The molecule has 1 aliphatic heterocycles. The molecule has 16 heavy (non-hydrogen) atoms. The standard InChI is InChI=1S/C11H13IN2OS/c1-7-2-9(12)4-13-11(7)14-5-8(6-16)3-10(14)15/h2,4,8,16H,3,5-6H2,1H3. The molecule has 1 aromatic heterocycles. The van der Waals surface area contributed by atoms with Crippen molar-refractivity contribution in [3.8, 4) is 0 Å². The number of aromatic nitrogens is 1. The van der Waals surface area contributed by atoms with Gasteiger partial charge in [0, 0.05) is 22.7 Å². The molecule has 0 N–H and O–H groups in total. The third-order valence-electron chi connectivity index (χ3n) is 2.74. The van der Waals surface area contributed by atoms with Gasteiger partial charge in [-0.25, -0.2) is 4.98 Å². The molecule has 1 saturated heterocycles. The minimum atomic E-state index is 0.163. The second-order valence-corrected chi connectivity index (χ2v) is 5.66. The molecule has 1 atom stereocenters. The van der Waals surface area contributed by atoms with Gasteiger partial charge in [-0.2, -0.15) is 12.6 Å². The number of nitrogens with zero attached hydrogens (tertiary/aromatic N) is 2. The molecule has 1 aliphatic rings. The van der Waals surface area contributed by atoms with Gasteiger partial charge in [-0.15, -0.1) is 0 Å². The van der Waals surface area contributed by atoms with Gasteiger partial charge in [-0.1, -0.05) is 0 Å². The Morgan fingerprint density at radius 1 is 1.69 bits per heavy atom. The Balaban J connectivity index is 2.28. The van der Waals surface area contributed by atoms with E-state index in [1.165, 1.54) is 0 Å². The number of amides is 1. The summed E-state index contributed by atoms with van der Waals surface area (Å²) in [5.41, 5.74) is 1.06. The first-order valence-corrected chi connectivity index (χ1v) is 6.86. The molecule has 1 fully saturated rings. The monoisotopic (exact) mass is 348 g/mol. The summed E-state index contributed by atoms with van der Waals surface area (Å²) in [5, 5.41) is 0. The molecule has 0 spiro atoms. The number of rotatable bonds is 2. The van der Waals surface area contributed by atoms with Gasteiger partial charge in [0.25, 0.3) is 0 Å². The normalized spacial score (nSPS) is 20.6. The number of aryl methyl sites for hydroxylation is 1. The smallest absolute Gasteiger partial charge is 0.228 e. The summed E-state index contributed by atoms with van der Waals surface area (Å²) in [6.07, 6.45) is 2.39. The van der Waals surface area contributed by atoms with Crippen molar-refractivity contribution >= 4 is 46.9 Å². The third-order valence-corrected chi connectivity index (χ3v) is 3.84. The lowest BCUT2D eigenvalue weighted by Crippen LogP contribution is -2.26. The number of carbonyl (C=O) groups is 1. The fourth-order valence-electron chi connectivity index (χ4n) is 1.92. The summed E-state index contributed by atoms with van der Waals surface area (Å²) in [7, 11) is 0. The van der Waals surface area contributed by atoms with Gasteiger partial charge in [-0.05, 0) is 52.8 Å². The molecule has 0 saturated carbocycles. The SMILES string of the molecule is Cc1cc(I)cnc1N1CC(CS)CC1=O. The number of thiol groups is 1. The van der Waals surface area contributed by atoms with E-state index in [2.05, 4.69) is 40.2 Å². The zero-order chi connectivity index (χ0) is 11.7. The van der Waals surface area contributed by atoms with Crippen molar-refractivity contribution in [2.45, 2.75) is 13.3 Å². The van der Waals surface area contributed by atoms with Crippen LogP contribution in [-0.2, 0) is 4.79 Å². The van der Waals surface area contributed by atoms with E-state index in [0.29, 0.717) is 12.3 Å². The van der Waals surface area contributed by atoms with Crippen LogP contribution in [0.4, 0.5) is 5.82 Å². The van der Waals surface area contributed by atoms with Gasteiger partial charge in [0.05, 0.1) is 0 Å². The van der Waals surface area contributed by atoms with Crippen LogP contribution in [-0.4, -0.2) is 23.2 Å². The Morgan fingerprint density at radius 3 is 3.00 bits per heavy atom. The zero-order valence-corrected chi connectivity index (χ0v) is 12.0. The second-order valence-electron chi connectivity index (χ2n) is 4.05. The molecular weight excluding hydrogens is 335 g/mol. The Kier molecular flexibility index (Phi) is 3.73. The van der Waals surface area contributed by atoms with Crippen LogP contribution in [0, 0.1) is 16.4 Å². The number of carbonyl (C=O) groups excluding carboxylic acids is 1. The molecule has 5 heteroatoms. The lowest BCUT2D eigenvalue weighted by molar-refractivity contribution is -0.117. The summed E-state index contributed by atoms with van der Waals surface area (Å²) in [4.78, 5) is 18.0. The van der Waals surface area contributed by atoms with E-state index in [1.54, 1.807) is 11.1 Å². The fourth-order valence-corrected chi connectivity index (χ4v) is 2.78. The number of hydrogen-bond donors (Lipinski definition) is 1. The van der Waals surface area contributed by atoms with Crippen LogP contribution in [0.15, 0.2) is 12.3 Å².